The summed E-state index contributed by atoms with van der Waals surface area (Å²) >= 11 is 0. The molecule has 0 atom stereocenters. The number of fused-ring (bicyclic) bond motifs is 1. The van der Waals surface area contributed by atoms with Crippen LogP contribution < -0.4 is 5.32 Å². The lowest BCUT2D eigenvalue weighted by atomic mass is 10.1. The lowest BCUT2D eigenvalue weighted by molar-refractivity contribution is 0.532. The molecule has 2 heterocycles. The van der Waals surface area contributed by atoms with Crippen molar-refractivity contribution in [3.63, 3.8) is 0 Å². The highest BCUT2D eigenvalue weighted by molar-refractivity contribution is 5.82. The molecular weight excluding hydrogens is 248 g/mol. The van der Waals surface area contributed by atoms with E-state index in [9.17, 15) is 0 Å². The topological polar surface area (TPSA) is 42.7 Å². The second-order valence-electron chi connectivity index (χ2n) is 5.14. The predicted molar refractivity (Wildman–Crippen MR) is 81.7 cm³/mol. The maximum Gasteiger partial charge on any atom is 0.0729 e. The third kappa shape index (κ3) is 2.50. The molecule has 20 heavy (non-hydrogen) atoms. The molecule has 1 aromatic carbocycles. The monoisotopic (exact) mass is 266 g/mol. The average Bonchev–Trinajstić information content (AvgIpc) is 2.94. The van der Waals surface area contributed by atoms with Gasteiger partial charge in [0, 0.05) is 30.4 Å². The number of benzene rings is 1. The van der Waals surface area contributed by atoms with Gasteiger partial charge in [-0.05, 0) is 31.5 Å². The van der Waals surface area contributed by atoms with Crippen molar-refractivity contribution in [1.29, 1.82) is 0 Å². The molecule has 3 aromatic rings. The largest absolute Gasteiger partial charge is 0.378 e. The molecule has 0 fully saturated rings. The fraction of sp³-hybridized carbons (Fsp3) is 0.250. The van der Waals surface area contributed by atoms with Gasteiger partial charge in [-0.2, -0.15) is 5.10 Å². The van der Waals surface area contributed by atoms with Gasteiger partial charge in [-0.3, -0.25) is 9.67 Å². The van der Waals surface area contributed by atoms with Crippen LogP contribution >= 0.6 is 0 Å². The number of nitrogens with one attached hydrogen (secondary N) is 1. The zero-order valence-electron chi connectivity index (χ0n) is 11.7. The Morgan fingerprint density at radius 1 is 1.20 bits per heavy atom. The van der Waals surface area contributed by atoms with Crippen LogP contribution in [0.5, 0.6) is 0 Å². The summed E-state index contributed by atoms with van der Waals surface area (Å²) in [4.78, 5) is 4.38. The van der Waals surface area contributed by atoms with Crippen LogP contribution in [0.3, 0.4) is 0 Å². The van der Waals surface area contributed by atoms with Gasteiger partial charge in [-0.15, -0.1) is 0 Å². The molecule has 0 aliphatic rings. The van der Waals surface area contributed by atoms with Gasteiger partial charge in [-0.25, -0.2) is 0 Å². The summed E-state index contributed by atoms with van der Waals surface area (Å²) in [6.45, 7) is 5.01. The first-order valence-corrected chi connectivity index (χ1v) is 6.84. The molecule has 0 amide bonds. The van der Waals surface area contributed by atoms with Gasteiger partial charge in [0.2, 0.25) is 0 Å². The second kappa shape index (κ2) is 5.33. The smallest absolute Gasteiger partial charge is 0.0729 e. The average molecular weight is 266 g/mol. The number of rotatable bonds is 4. The summed E-state index contributed by atoms with van der Waals surface area (Å²) in [5.41, 5.74) is 3.32. The van der Waals surface area contributed by atoms with E-state index < -0.39 is 0 Å². The molecule has 0 unspecified atom stereocenters. The van der Waals surface area contributed by atoms with Crippen LogP contribution in [0.1, 0.15) is 25.5 Å². The van der Waals surface area contributed by atoms with E-state index in [4.69, 9.17) is 0 Å². The van der Waals surface area contributed by atoms with E-state index in [1.54, 1.807) is 0 Å². The van der Waals surface area contributed by atoms with E-state index in [-0.39, 0.29) is 0 Å². The highest BCUT2D eigenvalue weighted by Crippen LogP contribution is 2.18. The molecule has 3 rings (SSSR count). The van der Waals surface area contributed by atoms with Crippen LogP contribution in [0.4, 0.5) is 5.69 Å². The van der Waals surface area contributed by atoms with Crippen LogP contribution in [-0.4, -0.2) is 14.8 Å². The molecule has 4 nitrogen and oxygen atoms in total. The van der Waals surface area contributed by atoms with E-state index in [1.807, 2.05) is 41.5 Å². The van der Waals surface area contributed by atoms with E-state index >= 15 is 0 Å². The molecule has 4 heteroatoms. The third-order valence-electron chi connectivity index (χ3n) is 3.35. The van der Waals surface area contributed by atoms with Crippen LogP contribution in [0.15, 0.2) is 48.9 Å². The molecule has 0 aliphatic carbocycles. The molecule has 0 saturated carbocycles. The summed E-state index contributed by atoms with van der Waals surface area (Å²) in [5.74, 6) is 0. The van der Waals surface area contributed by atoms with Crippen molar-refractivity contribution < 1.29 is 0 Å². The Morgan fingerprint density at radius 2 is 2.05 bits per heavy atom. The molecule has 1 N–H and O–H groups in total. The van der Waals surface area contributed by atoms with Gasteiger partial charge >= 0.3 is 0 Å². The van der Waals surface area contributed by atoms with Crippen molar-refractivity contribution in [3.8, 4) is 0 Å². The van der Waals surface area contributed by atoms with E-state index in [2.05, 4.69) is 41.4 Å². The minimum absolute atomic E-state index is 0.382. The SMILES string of the molecule is CC(C)n1cc(NCc2ccnc3ccccc23)cn1. The normalized spacial score (nSPS) is 11.2. The number of aromatic nitrogens is 3. The highest BCUT2D eigenvalue weighted by atomic mass is 15.3. The summed E-state index contributed by atoms with van der Waals surface area (Å²) in [7, 11) is 0. The van der Waals surface area contributed by atoms with Gasteiger partial charge in [0.1, 0.15) is 0 Å². The molecule has 2 aromatic heterocycles. The quantitative estimate of drug-likeness (QED) is 0.784. The minimum Gasteiger partial charge on any atom is -0.378 e. The lowest BCUT2D eigenvalue weighted by Crippen LogP contribution is -2.01. The summed E-state index contributed by atoms with van der Waals surface area (Å²) in [5, 5.41) is 8.94. The predicted octanol–water partition coefficient (Wildman–Crippen LogP) is 3.62. The lowest BCUT2D eigenvalue weighted by Gasteiger charge is -2.07. The number of nitrogens with zero attached hydrogens (tertiary/aromatic N) is 3. The number of para-hydroxylation sites is 1. The van der Waals surface area contributed by atoms with Crippen molar-refractivity contribution in [2.75, 3.05) is 5.32 Å². The molecule has 0 radical (unpaired) electrons. The maximum atomic E-state index is 4.38. The molecule has 0 saturated heterocycles. The minimum atomic E-state index is 0.382. The van der Waals surface area contributed by atoms with Crippen molar-refractivity contribution in [3.05, 3.63) is 54.5 Å². The Balaban J connectivity index is 1.79. The van der Waals surface area contributed by atoms with Crippen LogP contribution in [0.25, 0.3) is 10.9 Å². The first kappa shape index (κ1) is 12.7. The van der Waals surface area contributed by atoms with Crippen LogP contribution in [0, 0.1) is 0 Å². The number of hydrogen-bond donors (Lipinski definition) is 1. The van der Waals surface area contributed by atoms with Gasteiger partial charge < -0.3 is 5.32 Å². The van der Waals surface area contributed by atoms with E-state index in [0.29, 0.717) is 6.04 Å². The van der Waals surface area contributed by atoms with E-state index in [1.165, 1.54) is 10.9 Å². The Bertz CT molecular complexity index is 710. The first-order valence-electron chi connectivity index (χ1n) is 6.84. The Hall–Kier alpha value is -2.36. The van der Waals surface area contributed by atoms with Crippen molar-refractivity contribution >= 4 is 16.6 Å². The first-order chi connectivity index (χ1) is 9.74. The van der Waals surface area contributed by atoms with Gasteiger partial charge in [0.15, 0.2) is 0 Å². The van der Waals surface area contributed by atoms with Crippen molar-refractivity contribution in [2.45, 2.75) is 26.4 Å². The van der Waals surface area contributed by atoms with E-state index in [0.717, 1.165) is 17.7 Å². The fourth-order valence-electron chi connectivity index (χ4n) is 2.22. The van der Waals surface area contributed by atoms with Gasteiger partial charge in [0.05, 0.1) is 17.4 Å². The standard InChI is InChI=1S/C16H18N4/c1-12(2)20-11-14(10-19-20)18-9-13-7-8-17-16-6-4-3-5-15(13)16/h3-8,10-12,18H,9H2,1-2H3. The Labute approximate surface area is 118 Å². The number of pyridine rings is 1. The molecule has 0 aliphatic heterocycles. The van der Waals surface area contributed by atoms with Crippen LogP contribution in [0.2, 0.25) is 0 Å². The molecule has 0 spiro atoms. The Kier molecular flexibility index (Phi) is 3.37. The van der Waals surface area contributed by atoms with Gasteiger partial charge in [-0.1, -0.05) is 18.2 Å². The second-order valence-corrected chi connectivity index (χ2v) is 5.14. The zero-order valence-corrected chi connectivity index (χ0v) is 11.7. The number of hydrogen-bond acceptors (Lipinski definition) is 3. The molecule has 102 valence electrons. The highest BCUT2D eigenvalue weighted by Gasteiger charge is 2.04. The molecular formula is C16H18N4. The van der Waals surface area contributed by atoms with Crippen molar-refractivity contribution in [1.82, 2.24) is 14.8 Å². The van der Waals surface area contributed by atoms with Crippen molar-refractivity contribution in [2.24, 2.45) is 0 Å². The zero-order chi connectivity index (χ0) is 13.9. The van der Waals surface area contributed by atoms with Gasteiger partial charge in [0.25, 0.3) is 0 Å². The summed E-state index contributed by atoms with van der Waals surface area (Å²) in [6.07, 6.45) is 5.76. The Morgan fingerprint density at radius 3 is 2.85 bits per heavy atom. The molecule has 0 bridgehead atoms. The van der Waals surface area contributed by atoms with Crippen LogP contribution in [-0.2, 0) is 6.54 Å². The number of anilines is 1. The maximum absolute atomic E-state index is 4.38. The summed E-state index contributed by atoms with van der Waals surface area (Å²) in [6, 6.07) is 10.6. The third-order valence-corrected chi connectivity index (χ3v) is 3.35. The summed E-state index contributed by atoms with van der Waals surface area (Å²) < 4.78 is 1.95. The fourth-order valence-corrected chi connectivity index (χ4v) is 2.22.